The fourth-order valence-electron chi connectivity index (χ4n) is 1.63. The van der Waals surface area contributed by atoms with Crippen molar-refractivity contribution < 1.29 is 4.79 Å². The van der Waals surface area contributed by atoms with Crippen molar-refractivity contribution in [1.82, 2.24) is 4.90 Å². The van der Waals surface area contributed by atoms with Crippen LogP contribution in [-0.4, -0.2) is 29.4 Å². The first-order chi connectivity index (χ1) is 7.52. The Bertz CT molecular complexity index is 192. The van der Waals surface area contributed by atoms with E-state index in [0.29, 0.717) is 12.5 Å². The van der Waals surface area contributed by atoms with Gasteiger partial charge in [0.1, 0.15) is 0 Å². The van der Waals surface area contributed by atoms with Crippen LogP contribution in [0.5, 0.6) is 0 Å². The Morgan fingerprint density at radius 2 is 1.94 bits per heavy atom. The van der Waals surface area contributed by atoms with E-state index in [9.17, 15) is 4.79 Å². The molecule has 3 heteroatoms. The van der Waals surface area contributed by atoms with Gasteiger partial charge in [0.15, 0.2) is 0 Å². The van der Waals surface area contributed by atoms with E-state index in [4.69, 9.17) is 5.73 Å². The summed E-state index contributed by atoms with van der Waals surface area (Å²) in [5, 5.41) is 0. The van der Waals surface area contributed by atoms with E-state index in [0.717, 1.165) is 32.2 Å². The van der Waals surface area contributed by atoms with Crippen LogP contribution in [0.3, 0.4) is 0 Å². The number of hydrogen-bond acceptors (Lipinski definition) is 2. The van der Waals surface area contributed by atoms with Crippen molar-refractivity contribution in [2.45, 2.75) is 71.9 Å². The molecule has 96 valence electrons. The number of hydrogen-bond donors (Lipinski definition) is 1. The summed E-state index contributed by atoms with van der Waals surface area (Å²) in [6.07, 6.45) is 4.62. The summed E-state index contributed by atoms with van der Waals surface area (Å²) in [4.78, 5) is 14.0. The van der Waals surface area contributed by atoms with Gasteiger partial charge in [-0.2, -0.15) is 0 Å². The molecule has 0 aromatic heterocycles. The fourth-order valence-corrected chi connectivity index (χ4v) is 1.63. The normalized spacial score (nSPS) is 14.6. The summed E-state index contributed by atoms with van der Waals surface area (Å²) in [6, 6.07) is 0.473. The highest BCUT2D eigenvalue weighted by atomic mass is 16.2. The number of unbranched alkanes of at least 4 members (excludes halogenated alkanes) is 1. The third-order valence-electron chi connectivity index (χ3n) is 3.01. The molecule has 2 N–H and O–H groups in total. The Balaban J connectivity index is 4.20. The van der Waals surface area contributed by atoms with E-state index < -0.39 is 0 Å². The van der Waals surface area contributed by atoms with Crippen molar-refractivity contribution in [2.24, 2.45) is 5.73 Å². The first-order valence-electron chi connectivity index (χ1n) is 6.57. The molecule has 0 heterocycles. The molecule has 16 heavy (non-hydrogen) atoms. The van der Waals surface area contributed by atoms with E-state index in [1.807, 2.05) is 11.8 Å². The molecular weight excluding hydrogens is 200 g/mol. The molecule has 0 spiro atoms. The van der Waals surface area contributed by atoms with Gasteiger partial charge in [0.2, 0.25) is 5.91 Å². The number of amides is 1. The Labute approximate surface area is 100 Å². The van der Waals surface area contributed by atoms with Crippen molar-refractivity contribution in [3.63, 3.8) is 0 Å². The third-order valence-corrected chi connectivity index (χ3v) is 3.01. The summed E-state index contributed by atoms with van der Waals surface area (Å²) in [5.41, 5.74) is 5.68. The summed E-state index contributed by atoms with van der Waals surface area (Å²) in [7, 11) is 0. The van der Waals surface area contributed by atoms with Crippen LogP contribution >= 0.6 is 0 Å². The van der Waals surface area contributed by atoms with Gasteiger partial charge in [-0.05, 0) is 33.1 Å². The third kappa shape index (κ3) is 6.11. The largest absolute Gasteiger partial charge is 0.340 e. The second-order valence-corrected chi connectivity index (χ2v) is 4.71. The highest BCUT2D eigenvalue weighted by molar-refractivity contribution is 5.76. The number of carbonyl (C=O) groups is 1. The van der Waals surface area contributed by atoms with Gasteiger partial charge in [0, 0.05) is 25.0 Å². The zero-order valence-corrected chi connectivity index (χ0v) is 11.3. The Morgan fingerprint density at radius 3 is 2.38 bits per heavy atom. The monoisotopic (exact) mass is 228 g/mol. The maximum absolute atomic E-state index is 12.0. The maximum atomic E-state index is 12.0. The van der Waals surface area contributed by atoms with Gasteiger partial charge in [-0.25, -0.2) is 0 Å². The van der Waals surface area contributed by atoms with E-state index >= 15 is 0 Å². The van der Waals surface area contributed by atoms with E-state index in [1.165, 1.54) is 0 Å². The predicted octanol–water partition coefficient (Wildman–Crippen LogP) is 2.54. The molecule has 0 radical (unpaired) electrons. The van der Waals surface area contributed by atoms with Crippen molar-refractivity contribution in [3.8, 4) is 0 Å². The molecule has 0 bridgehead atoms. The SMILES string of the molecule is CCCCN(C(=O)CCC(C)N)C(C)CC. The quantitative estimate of drug-likeness (QED) is 0.694. The fraction of sp³-hybridized carbons (Fsp3) is 0.923. The smallest absolute Gasteiger partial charge is 0.222 e. The van der Waals surface area contributed by atoms with E-state index in [1.54, 1.807) is 0 Å². The molecule has 0 aliphatic rings. The summed E-state index contributed by atoms with van der Waals surface area (Å²) in [5.74, 6) is 0.264. The van der Waals surface area contributed by atoms with Crippen molar-refractivity contribution in [3.05, 3.63) is 0 Å². The van der Waals surface area contributed by atoms with Crippen LogP contribution in [-0.2, 0) is 4.79 Å². The highest BCUT2D eigenvalue weighted by Gasteiger charge is 2.17. The maximum Gasteiger partial charge on any atom is 0.222 e. The molecule has 2 atom stereocenters. The summed E-state index contributed by atoms with van der Waals surface area (Å²) >= 11 is 0. The lowest BCUT2D eigenvalue weighted by Crippen LogP contribution is -2.39. The lowest BCUT2D eigenvalue weighted by Gasteiger charge is -2.29. The Hall–Kier alpha value is -0.570. The van der Waals surface area contributed by atoms with E-state index in [-0.39, 0.29) is 11.9 Å². The minimum atomic E-state index is 0.119. The molecule has 0 aromatic carbocycles. The minimum absolute atomic E-state index is 0.119. The number of carbonyl (C=O) groups excluding carboxylic acids is 1. The van der Waals surface area contributed by atoms with Crippen LogP contribution in [0.15, 0.2) is 0 Å². The second kappa shape index (κ2) is 8.57. The second-order valence-electron chi connectivity index (χ2n) is 4.71. The molecule has 2 unspecified atom stereocenters. The molecule has 0 fully saturated rings. The van der Waals surface area contributed by atoms with Crippen LogP contribution in [0.25, 0.3) is 0 Å². The van der Waals surface area contributed by atoms with Gasteiger partial charge in [0.25, 0.3) is 0 Å². The first-order valence-corrected chi connectivity index (χ1v) is 6.57. The van der Waals surface area contributed by atoms with Gasteiger partial charge < -0.3 is 10.6 Å². The standard InChI is InChI=1S/C13H28N2O/c1-5-7-10-15(12(4)6-2)13(16)9-8-11(3)14/h11-12H,5-10,14H2,1-4H3. The van der Waals surface area contributed by atoms with Crippen LogP contribution in [0.2, 0.25) is 0 Å². The lowest BCUT2D eigenvalue weighted by molar-refractivity contribution is -0.133. The molecule has 1 amide bonds. The van der Waals surface area contributed by atoms with Gasteiger partial charge in [-0.1, -0.05) is 20.3 Å². The molecule has 0 saturated carbocycles. The average Bonchev–Trinajstić information content (AvgIpc) is 2.26. The van der Waals surface area contributed by atoms with Crippen LogP contribution in [0.1, 0.15) is 59.8 Å². The lowest BCUT2D eigenvalue weighted by atomic mass is 10.1. The van der Waals surface area contributed by atoms with Gasteiger partial charge >= 0.3 is 0 Å². The first kappa shape index (κ1) is 15.4. The number of nitrogens with zero attached hydrogens (tertiary/aromatic N) is 1. The summed E-state index contributed by atoms with van der Waals surface area (Å²) < 4.78 is 0. The summed E-state index contributed by atoms with van der Waals surface area (Å²) in [6.45, 7) is 9.25. The minimum Gasteiger partial charge on any atom is -0.340 e. The van der Waals surface area contributed by atoms with Crippen LogP contribution in [0.4, 0.5) is 0 Å². The van der Waals surface area contributed by atoms with Gasteiger partial charge in [-0.3, -0.25) is 4.79 Å². The predicted molar refractivity (Wildman–Crippen MR) is 69.3 cm³/mol. The molecule has 0 saturated heterocycles. The van der Waals surface area contributed by atoms with Crippen molar-refractivity contribution in [1.29, 1.82) is 0 Å². The van der Waals surface area contributed by atoms with Crippen LogP contribution < -0.4 is 5.73 Å². The molecule has 0 aromatic rings. The zero-order valence-electron chi connectivity index (χ0n) is 11.3. The van der Waals surface area contributed by atoms with Gasteiger partial charge in [-0.15, -0.1) is 0 Å². The molecular formula is C13H28N2O. The van der Waals surface area contributed by atoms with Crippen molar-refractivity contribution >= 4 is 5.91 Å². The molecule has 0 aliphatic carbocycles. The number of rotatable bonds is 8. The van der Waals surface area contributed by atoms with Crippen molar-refractivity contribution in [2.75, 3.05) is 6.54 Å². The van der Waals surface area contributed by atoms with E-state index in [2.05, 4.69) is 20.8 Å². The zero-order chi connectivity index (χ0) is 12.6. The highest BCUT2D eigenvalue weighted by Crippen LogP contribution is 2.09. The topological polar surface area (TPSA) is 46.3 Å². The van der Waals surface area contributed by atoms with Crippen LogP contribution in [0, 0.1) is 0 Å². The Kier molecular flexibility index (Phi) is 8.26. The molecule has 0 aliphatic heterocycles. The van der Waals surface area contributed by atoms with Gasteiger partial charge in [0.05, 0.1) is 0 Å². The Morgan fingerprint density at radius 1 is 1.31 bits per heavy atom. The molecule has 0 rings (SSSR count). The number of nitrogens with two attached hydrogens (primary N) is 1. The average molecular weight is 228 g/mol. The molecule has 3 nitrogen and oxygen atoms in total.